The first-order chi connectivity index (χ1) is 9.60. The molecule has 0 saturated carbocycles. The summed E-state index contributed by atoms with van der Waals surface area (Å²) in [6.07, 6.45) is 0. The van der Waals surface area contributed by atoms with Crippen molar-refractivity contribution in [3.8, 4) is 11.8 Å². The molecule has 0 atom stereocenters. The van der Waals surface area contributed by atoms with Crippen molar-refractivity contribution in [2.24, 2.45) is 0 Å². The maximum Gasteiger partial charge on any atom is 0.182 e. The third kappa shape index (κ3) is 2.05. The van der Waals surface area contributed by atoms with Gasteiger partial charge in [0.1, 0.15) is 11.9 Å². The molecule has 3 aromatic rings. The number of hydrogen-bond donors (Lipinski definition) is 1. The van der Waals surface area contributed by atoms with Gasteiger partial charge >= 0.3 is 0 Å². The summed E-state index contributed by atoms with van der Waals surface area (Å²) in [5.74, 6) is -0.538. The second-order valence-electron chi connectivity index (χ2n) is 4.20. The molecule has 0 saturated heterocycles. The van der Waals surface area contributed by atoms with E-state index in [9.17, 15) is 4.39 Å². The highest BCUT2D eigenvalue weighted by molar-refractivity contribution is 9.10. The number of benzene rings is 2. The molecule has 6 heteroatoms. The topological polar surface area (TPSA) is 44.5 Å². The van der Waals surface area contributed by atoms with Crippen LogP contribution >= 0.6 is 28.1 Å². The van der Waals surface area contributed by atoms with Crippen molar-refractivity contribution in [3.63, 3.8) is 0 Å². The molecule has 1 heterocycles. The third-order valence-electron chi connectivity index (χ3n) is 2.97. The number of rotatable bonds is 1. The molecule has 20 heavy (non-hydrogen) atoms. The van der Waals surface area contributed by atoms with Crippen molar-refractivity contribution >= 4 is 39.2 Å². The molecule has 0 aliphatic carbocycles. The van der Waals surface area contributed by atoms with Crippen LogP contribution in [-0.4, -0.2) is 9.55 Å². The largest absolute Gasteiger partial charge is 0.330 e. The number of nitrogens with one attached hydrogen (secondary N) is 1. The van der Waals surface area contributed by atoms with Gasteiger partial charge in [-0.1, -0.05) is 15.9 Å². The monoisotopic (exact) mass is 347 g/mol. The predicted molar refractivity (Wildman–Crippen MR) is 80.8 cm³/mol. The van der Waals surface area contributed by atoms with Gasteiger partial charge in [0, 0.05) is 10.2 Å². The number of aromatic amines is 1. The Balaban J connectivity index is 2.35. The summed E-state index contributed by atoms with van der Waals surface area (Å²) in [5, 5.41) is 8.93. The van der Waals surface area contributed by atoms with E-state index in [4.69, 9.17) is 17.5 Å². The van der Waals surface area contributed by atoms with Crippen molar-refractivity contribution < 1.29 is 4.39 Å². The van der Waals surface area contributed by atoms with Crippen LogP contribution < -0.4 is 0 Å². The first-order valence-electron chi connectivity index (χ1n) is 5.70. The van der Waals surface area contributed by atoms with Gasteiger partial charge < -0.3 is 4.98 Å². The van der Waals surface area contributed by atoms with Gasteiger partial charge in [0.2, 0.25) is 0 Å². The van der Waals surface area contributed by atoms with Crippen LogP contribution in [-0.2, 0) is 0 Å². The lowest BCUT2D eigenvalue weighted by Crippen LogP contribution is -1.96. The van der Waals surface area contributed by atoms with Crippen molar-refractivity contribution in [1.29, 1.82) is 5.26 Å². The third-order valence-corrected chi connectivity index (χ3v) is 3.75. The fourth-order valence-corrected chi connectivity index (χ4v) is 2.73. The summed E-state index contributed by atoms with van der Waals surface area (Å²) in [7, 11) is 0. The van der Waals surface area contributed by atoms with Crippen LogP contribution in [0.4, 0.5) is 4.39 Å². The summed E-state index contributed by atoms with van der Waals surface area (Å²) >= 11 is 8.72. The van der Waals surface area contributed by atoms with Crippen molar-refractivity contribution in [2.45, 2.75) is 0 Å². The van der Waals surface area contributed by atoms with Crippen molar-refractivity contribution in [2.75, 3.05) is 0 Å². The lowest BCUT2D eigenvalue weighted by atomic mass is 10.2. The number of halogens is 2. The Hall–Kier alpha value is -1.97. The summed E-state index contributed by atoms with van der Waals surface area (Å²) in [6, 6.07) is 11.9. The first kappa shape index (κ1) is 13.0. The Kier molecular flexibility index (Phi) is 3.16. The van der Waals surface area contributed by atoms with Crippen LogP contribution in [0.2, 0.25) is 0 Å². The van der Waals surface area contributed by atoms with Gasteiger partial charge in [-0.3, -0.25) is 4.57 Å². The molecule has 0 bridgehead atoms. The van der Waals surface area contributed by atoms with E-state index in [2.05, 4.69) is 20.9 Å². The van der Waals surface area contributed by atoms with Crippen molar-refractivity contribution in [3.05, 3.63) is 57.0 Å². The zero-order valence-electron chi connectivity index (χ0n) is 10.0. The smallest absolute Gasteiger partial charge is 0.182 e. The minimum atomic E-state index is -0.538. The molecule has 98 valence electrons. The number of fused-ring (bicyclic) bond motifs is 1. The first-order valence-corrected chi connectivity index (χ1v) is 6.90. The van der Waals surface area contributed by atoms with E-state index in [0.717, 1.165) is 15.5 Å². The highest BCUT2D eigenvalue weighted by Crippen LogP contribution is 2.24. The fraction of sp³-hybridized carbons (Fsp3) is 0. The standard InChI is InChI=1S/C14H7BrFN3S/c15-9-1-4-12-13(6-9)19(14(20)18-12)10-2-3-11(16)8(5-10)7-17/h1-6H,(H,18,20). The second-order valence-corrected chi connectivity index (χ2v) is 5.51. The Morgan fingerprint density at radius 2 is 2.05 bits per heavy atom. The number of H-pyrrole nitrogens is 1. The van der Waals surface area contributed by atoms with E-state index in [0.29, 0.717) is 10.5 Å². The van der Waals surface area contributed by atoms with E-state index in [1.807, 2.05) is 24.3 Å². The Bertz CT molecular complexity index is 920. The van der Waals surface area contributed by atoms with Crippen LogP contribution in [0.1, 0.15) is 5.56 Å². The molecule has 0 unspecified atom stereocenters. The molecular weight excluding hydrogens is 341 g/mol. The van der Waals surface area contributed by atoms with Gasteiger partial charge in [-0.25, -0.2) is 4.39 Å². The molecule has 0 radical (unpaired) electrons. The quantitative estimate of drug-likeness (QED) is 0.660. The van der Waals surface area contributed by atoms with E-state index in [1.165, 1.54) is 12.1 Å². The molecule has 0 aliphatic heterocycles. The predicted octanol–water partition coefficient (Wildman–Crippen LogP) is 4.46. The molecular formula is C14H7BrFN3S. The fourth-order valence-electron chi connectivity index (χ4n) is 2.07. The SMILES string of the molecule is N#Cc1cc(-n2c(=S)[nH]c3ccc(Br)cc32)ccc1F. The number of aromatic nitrogens is 2. The number of nitrogens with zero attached hydrogens (tertiary/aromatic N) is 2. The van der Waals surface area contributed by atoms with Gasteiger partial charge in [0.25, 0.3) is 0 Å². The average Bonchev–Trinajstić information content (AvgIpc) is 2.75. The van der Waals surface area contributed by atoms with Crippen LogP contribution in [0.5, 0.6) is 0 Å². The van der Waals surface area contributed by atoms with Crippen LogP contribution in [0.3, 0.4) is 0 Å². The zero-order valence-corrected chi connectivity index (χ0v) is 12.4. The summed E-state index contributed by atoms with van der Waals surface area (Å²) < 4.78 is 16.6. The van der Waals surface area contributed by atoms with Gasteiger partial charge in [-0.2, -0.15) is 5.26 Å². The van der Waals surface area contributed by atoms with Crippen LogP contribution in [0.15, 0.2) is 40.9 Å². The molecule has 0 fully saturated rings. The minimum absolute atomic E-state index is 0.00579. The molecule has 2 aromatic carbocycles. The molecule has 1 aromatic heterocycles. The molecule has 1 N–H and O–H groups in total. The lowest BCUT2D eigenvalue weighted by molar-refractivity contribution is 0.623. The number of hydrogen-bond acceptors (Lipinski definition) is 2. The highest BCUT2D eigenvalue weighted by atomic mass is 79.9. The van der Waals surface area contributed by atoms with Crippen molar-refractivity contribution in [1.82, 2.24) is 9.55 Å². The lowest BCUT2D eigenvalue weighted by Gasteiger charge is -2.05. The zero-order chi connectivity index (χ0) is 14.3. The van der Waals surface area contributed by atoms with E-state index >= 15 is 0 Å². The van der Waals surface area contributed by atoms with Gasteiger partial charge in [0.15, 0.2) is 4.77 Å². The normalized spacial score (nSPS) is 10.7. The van der Waals surface area contributed by atoms with Gasteiger partial charge in [-0.15, -0.1) is 0 Å². The Labute approximate surface area is 127 Å². The molecule has 0 spiro atoms. The minimum Gasteiger partial charge on any atom is -0.330 e. The average molecular weight is 348 g/mol. The second kappa shape index (κ2) is 4.85. The maximum absolute atomic E-state index is 13.4. The molecule has 0 amide bonds. The number of imidazole rings is 1. The van der Waals surface area contributed by atoms with E-state index in [-0.39, 0.29) is 5.56 Å². The van der Waals surface area contributed by atoms with Crippen LogP contribution in [0.25, 0.3) is 16.7 Å². The Morgan fingerprint density at radius 1 is 1.25 bits per heavy atom. The Morgan fingerprint density at radius 3 is 2.80 bits per heavy atom. The van der Waals surface area contributed by atoms with Crippen LogP contribution in [0, 0.1) is 21.9 Å². The maximum atomic E-state index is 13.4. The summed E-state index contributed by atoms with van der Waals surface area (Å²) in [6.45, 7) is 0. The van der Waals surface area contributed by atoms with Gasteiger partial charge in [-0.05, 0) is 48.6 Å². The molecule has 0 aliphatic rings. The summed E-state index contributed by atoms with van der Waals surface area (Å²) in [5.41, 5.74) is 2.38. The molecule has 3 nitrogen and oxygen atoms in total. The van der Waals surface area contributed by atoms with Gasteiger partial charge in [0.05, 0.1) is 16.6 Å². The number of nitriles is 1. The highest BCUT2D eigenvalue weighted by Gasteiger charge is 2.09. The molecule has 3 rings (SSSR count). The van der Waals surface area contributed by atoms with E-state index < -0.39 is 5.82 Å². The van der Waals surface area contributed by atoms with E-state index in [1.54, 1.807) is 10.6 Å². The summed E-state index contributed by atoms with van der Waals surface area (Å²) in [4.78, 5) is 3.09.